The molecule has 1 amide bonds. The Labute approximate surface area is 230 Å². The van der Waals surface area contributed by atoms with Crippen LogP contribution in [-0.2, 0) is 0 Å². The summed E-state index contributed by atoms with van der Waals surface area (Å²) in [5, 5.41) is 4.51. The number of carbonyl (C=O) groups excluding carboxylic acids is 1. The maximum atomic E-state index is 13.2. The molecule has 0 fully saturated rings. The highest BCUT2D eigenvalue weighted by atomic mass is 35.5. The summed E-state index contributed by atoms with van der Waals surface area (Å²) in [7, 11) is 1.71. The first-order valence-corrected chi connectivity index (χ1v) is 13.2. The maximum absolute atomic E-state index is 13.2. The van der Waals surface area contributed by atoms with E-state index in [1.807, 2.05) is 61.5 Å². The number of pyridine rings is 1. The highest BCUT2D eigenvalue weighted by molar-refractivity contribution is 7.19. The molecule has 0 radical (unpaired) electrons. The predicted molar refractivity (Wildman–Crippen MR) is 154 cm³/mol. The number of halogens is 1. The van der Waals surface area contributed by atoms with E-state index in [-0.39, 0.29) is 11.9 Å². The fourth-order valence-electron chi connectivity index (χ4n) is 3.91. The zero-order valence-electron chi connectivity index (χ0n) is 21.1. The van der Waals surface area contributed by atoms with Gasteiger partial charge in [0.25, 0.3) is 5.91 Å². The van der Waals surface area contributed by atoms with Crippen LogP contribution in [0, 0.1) is 6.92 Å². The summed E-state index contributed by atoms with van der Waals surface area (Å²) in [5.74, 6) is 0.304. The number of aromatic nitrogens is 4. The lowest BCUT2D eigenvalue weighted by molar-refractivity contribution is 0.0992. The second-order valence-electron chi connectivity index (χ2n) is 8.78. The van der Waals surface area contributed by atoms with Crippen molar-refractivity contribution in [3.63, 3.8) is 0 Å². The summed E-state index contributed by atoms with van der Waals surface area (Å²) in [5.41, 5.74) is 4.68. The lowest BCUT2D eigenvalue weighted by atomic mass is 10.1. The number of thiazole rings is 1. The predicted octanol–water partition coefficient (Wildman–Crippen LogP) is 7.07. The highest BCUT2D eigenvalue weighted by Crippen LogP contribution is 2.40. The lowest BCUT2D eigenvalue weighted by Crippen LogP contribution is -2.26. The number of benzene rings is 2. The van der Waals surface area contributed by atoms with Crippen LogP contribution in [0.15, 0.2) is 85.2 Å². The Morgan fingerprint density at radius 2 is 1.82 bits per heavy atom. The van der Waals surface area contributed by atoms with Gasteiger partial charge in [-0.3, -0.25) is 14.7 Å². The van der Waals surface area contributed by atoms with Crippen molar-refractivity contribution in [2.75, 3.05) is 17.3 Å². The van der Waals surface area contributed by atoms with Crippen LogP contribution < -0.4 is 10.2 Å². The van der Waals surface area contributed by atoms with Crippen LogP contribution in [-0.4, -0.2) is 32.9 Å². The molecule has 3 heterocycles. The Balaban J connectivity index is 1.52. The van der Waals surface area contributed by atoms with Gasteiger partial charge < -0.3 is 5.32 Å². The summed E-state index contributed by atoms with van der Waals surface area (Å²) < 4.78 is 0. The van der Waals surface area contributed by atoms with Crippen molar-refractivity contribution in [3.05, 3.63) is 107 Å². The van der Waals surface area contributed by atoms with Crippen LogP contribution in [0.4, 0.5) is 11.1 Å². The van der Waals surface area contributed by atoms with Gasteiger partial charge in [0, 0.05) is 35.7 Å². The number of amides is 1. The molecule has 0 aliphatic rings. The zero-order chi connectivity index (χ0) is 26.6. The Kier molecular flexibility index (Phi) is 7.44. The van der Waals surface area contributed by atoms with Crippen LogP contribution in [0.1, 0.15) is 34.6 Å². The first-order chi connectivity index (χ1) is 18.4. The molecule has 7 nitrogen and oxygen atoms in total. The van der Waals surface area contributed by atoms with E-state index < -0.39 is 0 Å². The standard InChI is InChI=1S/C29H25ClN6OS/c1-18-12-13-22(17-32-18)27(37)36(3)29-35-25(21-10-7-11-23(30)16-21)26(38-29)24-14-15-31-28(34-24)33-19(2)20-8-5-4-6-9-20/h4-17,19H,1-3H3,(H,31,33,34)/t19-/m0/s1. The quantitative estimate of drug-likeness (QED) is 0.237. The van der Waals surface area contributed by atoms with Gasteiger partial charge in [0.15, 0.2) is 5.13 Å². The molecule has 5 aromatic rings. The minimum absolute atomic E-state index is 0.0164. The molecule has 9 heteroatoms. The SMILES string of the molecule is Cc1ccc(C(=O)N(C)c2nc(-c3cccc(Cl)c3)c(-c3ccnc(N[C@@H](C)c4ccccc4)n3)s2)cn1. The molecular weight excluding hydrogens is 516 g/mol. The van der Waals surface area contributed by atoms with E-state index in [9.17, 15) is 4.79 Å². The molecule has 38 heavy (non-hydrogen) atoms. The number of aryl methyl sites for hydroxylation is 1. The molecule has 5 rings (SSSR count). The largest absolute Gasteiger partial charge is 0.348 e. The third kappa shape index (κ3) is 5.56. The average Bonchev–Trinajstić information content (AvgIpc) is 3.39. The van der Waals surface area contributed by atoms with Gasteiger partial charge in [-0.2, -0.15) is 0 Å². The van der Waals surface area contributed by atoms with Crippen molar-refractivity contribution >= 4 is 39.9 Å². The fraction of sp³-hybridized carbons (Fsp3) is 0.138. The summed E-state index contributed by atoms with van der Waals surface area (Å²) in [4.78, 5) is 33.9. The monoisotopic (exact) mass is 540 g/mol. The van der Waals surface area contributed by atoms with E-state index >= 15 is 0 Å². The summed E-state index contributed by atoms with van der Waals surface area (Å²) in [6.45, 7) is 3.95. The van der Waals surface area contributed by atoms with Crippen LogP contribution in [0.2, 0.25) is 5.02 Å². The van der Waals surface area contributed by atoms with Gasteiger partial charge >= 0.3 is 0 Å². The molecule has 0 spiro atoms. The second-order valence-corrected chi connectivity index (χ2v) is 10.2. The molecule has 0 bridgehead atoms. The summed E-state index contributed by atoms with van der Waals surface area (Å²) in [6.07, 6.45) is 3.30. The van der Waals surface area contributed by atoms with Gasteiger partial charge in [-0.1, -0.05) is 65.4 Å². The number of anilines is 2. The van der Waals surface area contributed by atoms with Gasteiger partial charge in [-0.25, -0.2) is 15.0 Å². The molecule has 190 valence electrons. The van der Waals surface area contributed by atoms with E-state index in [1.54, 1.807) is 25.5 Å². The van der Waals surface area contributed by atoms with E-state index in [4.69, 9.17) is 21.6 Å². The van der Waals surface area contributed by atoms with E-state index in [0.29, 0.717) is 33.1 Å². The van der Waals surface area contributed by atoms with E-state index in [2.05, 4.69) is 34.3 Å². The maximum Gasteiger partial charge on any atom is 0.261 e. The minimum Gasteiger partial charge on any atom is -0.348 e. The van der Waals surface area contributed by atoms with Crippen molar-refractivity contribution in [2.45, 2.75) is 19.9 Å². The smallest absolute Gasteiger partial charge is 0.261 e. The third-order valence-electron chi connectivity index (χ3n) is 6.00. The first-order valence-electron chi connectivity index (χ1n) is 12.0. The molecule has 2 aromatic carbocycles. The van der Waals surface area contributed by atoms with Crippen LogP contribution >= 0.6 is 22.9 Å². The van der Waals surface area contributed by atoms with Crippen LogP contribution in [0.25, 0.3) is 21.8 Å². The third-order valence-corrected chi connectivity index (χ3v) is 7.39. The second kappa shape index (κ2) is 11.1. The Morgan fingerprint density at radius 3 is 2.55 bits per heavy atom. The van der Waals surface area contributed by atoms with Gasteiger partial charge in [-0.05, 0) is 49.7 Å². The Hall–Kier alpha value is -4.14. The van der Waals surface area contributed by atoms with Crippen LogP contribution in [0.5, 0.6) is 0 Å². The van der Waals surface area contributed by atoms with Crippen molar-refractivity contribution < 1.29 is 4.79 Å². The number of carbonyl (C=O) groups is 1. The number of hydrogen-bond donors (Lipinski definition) is 1. The molecule has 0 aliphatic carbocycles. The van der Waals surface area contributed by atoms with Crippen molar-refractivity contribution in [2.24, 2.45) is 0 Å². The van der Waals surface area contributed by atoms with Crippen LogP contribution in [0.3, 0.4) is 0 Å². The van der Waals surface area contributed by atoms with E-state index in [1.165, 1.54) is 16.2 Å². The lowest BCUT2D eigenvalue weighted by Gasteiger charge is -2.14. The molecular formula is C29H25ClN6OS. The molecule has 0 saturated heterocycles. The van der Waals surface area contributed by atoms with E-state index in [0.717, 1.165) is 21.7 Å². The highest BCUT2D eigenvalue weighted by Gasteiger charge is 2.23. The van der Waals surface area contributed by atoms with Gasteiger partial charge in [0.1, 0.15) is 0 Å². The molecule has 1 N–H and O–H groups in total. The molecule has 0 unspecified atom stereocenters. The van der Waals surface area contributed by atoms with Gasteiger partial charge in [0.05, 0.1) is 27.9 Å². The Bertz CT molecular complexity index is 1570. The summed E-state index contributed by atoms with van der Waals surface area (Å²) >= 11 is 7.70. The van der Waals surface area contributed by atoms with Crippen molar-refractivity contribution in [3.8, 4) is 21.8 Å². The number of hydrogen-bond acceptors (Lipinski definition) is 7. The normalized spacial score (nSPS) is 11.7. The van der Waals surface area contributed by atoms with Crippen molar-refractivity contribution in [1.82, 2.24) is 19.9 Å². The molecule has 0 saturated carbocycles. The first kappa shape index (κ1) is 25.5. The van der Waals surface area contributed by atoms with Crippen molar-refractivity contribution in [1.29, 1.82) is 0 Å². The molecule has 3 aromatic heterocycles. The topological polar surface area (TPSA) is 83.9 Å². The zero-order valence-corrected chi connectivity index (χ0v) is 22.7. The van der Waals surface area contributed by atoms with Gasteiger partial charge in [0.2, 0.25) is 5.95 Å². The molecule has 0 aliphatic heterocycles. The fourth-order valence-corrected chi connectivity index (χ4v) is 5.11. The number of nitrogens with zero attached hydrogens (tertiary/aromatic N) is 5. The number of rotatable bonds is 7. The Morgan fingerprint density at radius 1 is 1.00 bits per heavy atom. The number of nitrogens with one attached hydrogen (secondary N) is 1. The minimum atomic E-state index is -0.197. The average molecular weight is 541 g/mol. The van der Waals surface area contributed by atoms with Gasteiger partial charge in [-0.15, -0.1) is 0 Å². The molecule has 1 atom stereocenters. The summed E-state index contributed by atoms with van der Waals surface area (Å²) in [6, 6.07) is 23.1.